The maximum atomic E-state index is 11.8. The van der Waals surface area contributed by atoms with Gasteiger partial charge in [-0.1, -0.05) is 37.6 Å². The maximum Gasteiger partial charge on any atom is 0.407 e. The molecule has 0 heterocycles. The summed E-state index contributed by atoms with van der Waals surface area (Å²) in [5, 5.41) is 7.06. The second-order valence-electron chi connectivity index (χ2n) is 7.22. The first-order valence-electron chi connectivity index (χ1n) is 8.10. The van der Waals surface area contributed by atoms with Crippen LogP contribution in [0.4, 0.5) is 4.79 Å². The van der Waals surface area contributed by atoms with Crippen molar-refractivity contribution in [2.24, 2.45) is 5.92 Å². The highest BCUT2D eigenvalue weighted by molar-refractivity contribution is 6.30. The van der Waals surface area contributed by atoms with E-state index in [1.807, 2.05) is 45.0 Å². The summed E-state index contributed by atoms with van der Waals surface area (Å²) in [4.78, 5) is 11.8. The number of ether oxygens (including phenoxy) is 1. The van der Waals surface area contributed by atoms with Crippen molar-refractivity contribution in [1.82, 2.24) is 10.6 Å². The molecule has 1 rings (SSSR count). The van der Waals surface area contributed by atoms with Gasteiger partial charge in [0.15, 0.2) is 0 Å². The zero-order valence-corrected chi connectivity index (χ0v) is 15.5. The van der Waals surface area contributed by atoms with Gasteiger partial charge in [-0.25, -0.2) is 4.79 Å². The molecule has 1 aromatic rings. The Labute approximate surface area is 144 Å². The number of halogens is 1. The minimum absolute atomic E-state index is 0.182. The van der Waals surface area contributed by atoms with Crippen LogP contribution < -0.4 is 10.6 Å². The average Bonchev–Trinajstić information content (AvgIpc) is 2.39. The maximum absolute atomic E-state index is 11.8. The van der Waals surface area contributed by atoms with E-state index in [1.165, 1.54) is 0 Å². The van der Waals surface area contributed by atoms with Crippen molar-refractivity contribution in [2.75, 3.05) is 6.54 Å². The van der Waals surface area contributed by atoms with Crippen molar-refractivity contribution in [3.8, 4) is 0 Å². The number of nitrogens with one attached hydrogen (secondary N) is 2. The standard InChI is InChI=1S/C18H29ClN2O2/c1-13(2)9-16(12-21-17(22)23-18(3,4)5)20-11-14-7-6-8-15(19)10-14/h6-8,10,13,16,20H,9,11-12H2,1-5H3,(H,21,22). The Morgan fingerprint density at radius 3 is 2.57 bits per heavy atom. The fourth-order valence-electron chi connectivity index (χ4n) is 2.24. The van der Waals surface area contributed by atoms with Gasteiger partial charge in [-0.2, -0.15) is 0 Å². The predicted molar refractivity (Wildman–Crippen MR) is 95.8 cm³/mol. The Morgan fingerprint density at radius 2 is 2.00 bits per heavy atom. The summed E-state index contributed by atoms with van der Waals surface area (Å²) in [6.45, 7) is 11.2. The smallest absolute Gasteiger partial charge is 0.407 e. The lowest BCUT2D eigenvalue weighted by Crippen LogP contribution is -2.43. The van der Waals surface area contributed by atoms with E-state index in [1.54, 1.807) is 0 Å². The molecule has 0 aliphatic heterocycles. The minimum atomic E-state index is -0.480. The number of hydrogen-bond acceptors (Lipinski definition) is 3. The fourth-order valence-corrected chi connectivity index (χ4v) is 2.45. The molecule has 0 aromatic heterocycles. The van der Waals surface area contributed by atoms with Crippen molar-refractivity contribution in [1.29, 1.82) is 0 Å². The largest absolute Gasteiger partial charge is 0.444 e. The quantitative estimate of drug-likeness (QED) is 0.775. The Kier molecular flexibility index (Phi) is 7.86. The normalized spacial score (nSPS) is 13.0. The number of amides is 1. The molecular formula is C18H29ClN2O2. The monoisotopic (exact) mass is 340 g/mol. The first-order valence-corrected chi connectivity index (χ1v) is 8.48. The zero-order chi connectivity index (χ0) is 17.5. The zero-order valence-electron chi connectivity index (χ0n) is 14.8. The van der Waals surface area contributed by atoms with Crippen molar-refractivity contribution in [2.45, 2.75) is 59.2 Å². The van der Waals surface area contributed by atoms with Crippen LogP contribution in [0, 0.1) is 5.92 Å². The van der Waals surface area contributed by atoms with Crippen LogP contribution in [-0.4, -0.2) is 24.3 Å². The van der Waals surface area contributed by atoms with Crippen molar-refractivity contribution in [3.05, 3.63) is 34.9 Å². The molecule has 0 saturated heterocycles. The molecule has 0 aliphatic rings. The first kappa shape index (κ1) is 19.8. The number of carbonyl (C=O) groups excluding carboxylic acids is 1. The van der Waals surface area contributed by atoms with Gasteiger partial charge in [-0.05, 0) is 50.8 Å². The summed E-state index contributed by atoms with van der Waals surface area (Å²) in [6, 6.07) is 7.97. The highest BCUT2D eigenvalue weighted by Gasteiger charge is 2.18. The van der Waals surface area contributed by atoms with Gasteiger partial charge in [0.1, 0.15) is 5.60 Å². The van der Waals surface area contributed by atoms with Crippen LogP contribution in [0.2, 0.25) is 5.02 Å². The Morgan fingerprint density at radius 1 is 1.30 bits per heavy atom. The molecule has 0 radical (unpaired) electrons. The molecule has 130 valence electrons. The number of alkyl carbamates (subject to hydrolysis) is 1. The average molecular weight is 341 g/mol. The van der Waals surface area contributed by atoms with Gasteiger partial charge in [-0.15, -0.1) is 0 Å². The van der Waals surface area contributed by atoms with E-state index >= 15 is 0 Å². The molecule has 23 heavy (non-hydrogen) atoms. The van der Waals surface area contributed by atoms with E-state index in [4.69, 9.17) is 16.3 Å². The Hall–Kier alpha value is -1.26. The highest BCUT2D eigenvalue weighted by Crippen LogP contribution is 2.12. The van der Waals surface area contributed by atoms with E-state index < -0.39 is 5.60 Å². The lowest BCUT2D eigenvalue weighted by atomic mass is 10.0. The molecule has 1 unspecified atom stereocenters. The molecule has 4 nitrogen and oxygen atoms in total. The highest BCUT2D eigenvalue weighted by atomic mass is 35.5. The van der Waals surface area contributed by atoms with Gasteiger partial charge in [0.2, 0.25) is 0 Å². The second-order valence-corrected chi connectivity index (χ2v) is 7.66. The fraction of sp³-hybridized carbons (Fsp3) is 0.611. The summed E-state index contributed by atoms with van der Waals surface area (Å²) in [6.07, 6.45) is 0.590. The number of carbonyl (C=O) groups is 1. The van der Waals surface area contributed by atoms with Crippen molar-refractivity contribution < 1.29 is 9.53 Å². The molecule has 5 heteroatoms. The van der Waals surface area contributed by atoms with Gasteiger partial charge < -0.3 is 15.4 Å². The molecule has 1 amide bonds. The molecule has 0 aliphatic carbocycles. The molecular weight excluding hydrogens is 312 g/mol. The molecule has 0 saturated carbocycles. The third-order valence-corrected chi connectivity index (χ3v) is 3.37. The number of rotatable bonds is 7. The van der Waals surface area contributed by atoms with Gasteiger partial charge in [0.25, 0.3) is 0 Å². The summed E-state index contributed by atoms with van der Waals surface area (Å²) >= 11 is 6.01. The second kappa shape index (κ2) is 9.14. The van der Waals surface area contributed by atoms with Crippen molar-refractivity contribution >= 4 is 17.7 Å². The SMILES string of the molecule is CC(C)CC(CNC(=O)OC(C)(C)C)NCc1cccc(Cl)c1. The van der Waals surface area contributed by atoms with Crippen LogP contribution in [-0.2, 0) is 11.3 Å². The predicted octanol–water partition coefficient (Wildman–Crippen LogP) is 4.37. The lowest BCUT2D eigenvalue weighted by molar-refractivity contribution is 0.0521. The summed E-state index contributed by atoms with van der Waals surface area (Å²) in [7, 11) is 0. The van der Waals surface area contributed by atoms with Crippen molar-refractivity contribution in [3.63, 3.8) is 0 Å². The molecule has 0 fully saturated rings. The summed E-state index contributed by atoms with van der Waals surface area (Å²) < 4.78 is 5.28. The van der Waals surface area contributed by atoms with Gasteiger partial charge in [0, 0.05) is 24.2 Å². The first-order chi connectivity index (χ1) is 10.7. The molecule has 2 N–H and O–H groups in total. The Balaban J connectivity index is 2.50. The molecule has 0 spiro atoms. The lowest BCUT2D eigenvalue weighted by Gasteiger charge is -2.24. The van der Waals surface area contributed by atoms with Crippen LogP contribution in [0.1, 0.15) is 46.6 Å². The van der Waals surface area contributed by atoms with Crippen LogP contribution in [0.3, 0.4) is 0 Å². The van der Waals surface area contributed by atoms with E-state index in [2.05, 4.69) is 24.5 Å². The third kappa shape index (κ3) is 9.47. The number of hydrogen-bond donors (Lipinski definition) is 2. The van der Waals surface area contributed by atoms with E-state index in [-0.39, 0.29) is 12.1 Å². The van der Waals surface area contributed by atoms with Crippen LogP contribution in [0.25, 0.3) is 0 Å². The molecule has 1 aromatic carbocycles. The minimum Gasteiger partial charge on any atom is -0.444 e. The van der Waals surface area contributed by atoms with Gasteiger partial charge in [-0.3, -0.25) is 0 Å². The van der Waals surface area contributed by atoms with E-state index in [0.717, 1.165) is 17.0 Å². The van der Waals surface area contributed by atoms with Gasteiger partial charge in [0.05, 0.1) is 0 Å². The third-order valence-electron chi connectivity index (χ3n) is 3.13. The van der Waals surface area contributed by atoms with Gasteiger partial charge >= 0.3 is 6.09 Å². The topological polar surface area (TPSA) is 50.4 Å². The molecule has 1 atom stereocenters. The van der Waals surface area contributed by atoms with Crippen LogP contribution in [0.15, 0.2) is 24.3 Å². The molecule has 0 bridgehead atoms. The van der Waals surface area contributed by atoms with Crippen LogP contribution >= 0.6 is 11.6 Å². The number of benzene rings is 1. The van der Waals surface area contributed by atoms with E-state index in [0.29, 0.717) is 19.0 Å². The van der Waals surface area contributed by atoms with E-state index in [9.17, 15) is 4.79 Å². The Bertz CT molecular complexity index is 498. The summed E-state index contributed by atoms with van der Waals surface area (Å²) in [5.74, 6) is 0.535. The van der Waals surface area contributed by atoms with Crippen LogP contribution in [0.5, 0.6) is 0 Å². The summed E-state index contributed by atoms with van der Waals surface area (Å²) in [5.41, 5.74) is 0.648.